The minimum absolute atomic E-state index is 0.304. The molecule has 5 rings (SSSR count). The molecule has 2 N–H and O–H groups in total. The average molecular weight is 386 g/mol. The highest BCUT2D eigenvalue weighted by molar-refractivity contribution is 5.23. The van der Waals surface area contributed by atoms with Crippen molar-refractivity contribution in [3.63, 3.8) is 0 Å². The van der Waals surface area contributed by atoms with E-state index in [0.717, 1.165) is 30.3 Å². The molecule has 4 fully saturated rings. The van der Waals surface area contributed by atoms with E-state index in [-0.39, 0.29) is 0 Å². The lowest BCUT2D eigenvalue weighted by Crippen LogP contribution is -2.54. The summed E-state index contributed by atoms with van der Waals surface area (Å²) in [6.07, 6.45) is 18.1. The molecule has 0 saturated heterocycles. The predicted octanol–water partition coefficient (Wildman–Crippen LogP) is 5.75. The van der Waals surface area contributed by atoms with Crippen LogP contribution in [-0.2, 0) is 4.74 Å². The molecule has 1 heterocycles. The molecule has 0 radical (unpaired) electrons. The van der Waals surface area contributed by atoms with E-state index < -0.39 is 0 Å². The largest absolute Gasteiger partial charge is 0.472 e. The van der Waals surface area contributed by atoms with Gasteiger partial charge in [0.2, 0.25) is 0 Å². The molecule has 7 atom stereocenters. The summed E-state index contributed by atoms with van der Waals surface area (Å²) in [4.78, 5) is 0. The summed E-state index contributed by atoms with van der Waals surface area (Å²) in [6.45, 7) is 4.89. The average Bonchev–Trinajstić information content (AvgIpc) is 3.35. The first-order chi connectivity index (χ1) is 13.7. The lowest BCUT2D eigenvalue weighted by molar-refractivity contribution is -0.128. The van der Waals surface area contributed by atoms with Gasteiger partial charge in [-0.1, -0.05) is 19.8 Å². The van der Waals surface area contributed by atoms with E-state index in [1.54, 1.807) is 0 Å². The molecule has 0 amide bonds. The third kappa shape index (κ3) is 2.83. The lowest BCUT2D eigenvalue weighted by atomic mass is 9.44. The topological polar surface area (TPSA) is 48.4 Å². The third-order valence-electron chi connectivity index (χ3n) is 9.88. The van der Waals surface area contributed by atoms with Crippen LogP contribution in [0.3, 0.4) is 0 Å². The van der Waals surface area contributed by atoms with Gasteiger partial charge in [-0.05, 0) is 98.0 Å². The van der Waals surface area contributed by atoms with E-state index in [2.05, 4.69) is 13.0 Å². The van der Waals surface area contributed by atoms with Crippen LogP contribution in [-0.4, -0.2) is 19.8 Å². The zero-order valence-corrected chi connectivity index (χ0v) is 17.7. The Kier molecular flexibility index (Phi) is 5.12. The first kappa shape index (κ1) is 19.2. The van der Waals surface area contributed by atoms with Crippen molar-refractivity contribution in [2.45, 2.75) is 77.0 Å². The molecule has 0 bridgehead atoms. The normalized spacial score (nSPS) is 45.3. The molecule has 28 heavy (non-hydrogen) atoms. The van der Waals surface area contributed by atoms with Crippen LogP contribution in [0.2, 0.25) is 0 Å². The molecule has 4 aliphatic carbocycles. The highest BCUT2D eigenvalue weighted by Gasteiger charge is 2.61. The van der Waals surface area contributed by atoms with E-state index in [1.165, 1.54) is 69.8 Å². The Morgan fingerprint density at radius 3 is 2.82 bits per heavy atom. The molecule has 0 aromatic carbocycles. The predicted molar refractivity (Wildman–Crippen MR) is 112 cm³/mol. The van der Waals surface area contributed by atoms with Gasteiger partial charge in [-0.15, -0.1) is 0 Å². The first-order valence-electron chi connectivity index (χ1n) is 12.0. The van der Waals surface area contributed by atoms with Crippen molar-refractivity contribution in [3.05, 3.63) is 24.2 Å². The number of hydrogen-bond acceptors (Lipinski definition) is 3. The first-order valence-corrected chi connectivity index (χ1v) is 12.0. The molecular weight excluding hydrogens is 346 g/mol. The molecule has 0 aliphatic heterocycles. The van der Waals surface area contributed by atoms with Gasteiger partial charge in [-0.25, -0.2) is 0 Å². The zero-order chi connectivity index (χ0) is 19.2. The second-order valence-electron chi connectivity index (χ2n) is 10.7. The van der Waals surface area contributed by atoms with Crippen LogP contribution in [0.25, 0.3) is 0 Å². The molecule has 4 aliphatic rings. The number of furan rings is 1. The summed E-state index contributed by atoms with van der Waals surface area (Å²) in [7, 11) is 0. The highest BCUT2D eigenvalue weighted by Crippen LogP contribution is 2.69. The number of rotatable bonds is 5. The van der Waals surface area contributed by atoms with Gasteiger partial charge >= 0.3 is 0 Å². The van der Waals surface area contributed by atoms with Crippen LogP contribution in [0.4, 0.5) is 0 Å². The van der Waals surface area contributed by atoms with Gasteiger partial charge in [0.25, 0.3) is 0 Å². The summed E-state index contributed by atoms with van der Waals surface area (Å²) < 4.78 is 11.7. The molecule has 0 spiro atoms. The van der Waals surface area contributed by atoms with Crippen LogP contribution in [0, 0.1) is 34.5 Å². The maximum atomic E-state index is 6.21. The summed E-state index contributed by atoms with van der Waals surface area (Å²) in [5.41, 5.74) is 8.09. The fourth-order valence-electron chi connectivity index (χ4n) is 8.70. The van der Waals surface area contributed by atoms with E-state index >= 15 is 0 Å². The Morgan fingerprint density at radius 1 is 1.07 bits per heavy atom. The lowest BCUT2D eigenvalue weighted by Gasteiger charge is -2.61. The van der Waals surface area contributed by atoms with Crippen molar-refractivity contribution >= 4 is 0 Å². The maximum absolute atomic E-state index is 6.21. The van der Waals surface area contributed by atoms with Crippen LogP contribution in [0.1, 0.15) is 82.6 Å². The molecule has 4 saturated carbocycles. The van der Waals surface area contributed by atoms with Crippen LogP contribution in [0.5, 0.6) is 0 Å². The molecular formula is C25H39NO2. The smallest absolute Gasteiger partial charge is 0.0937 e. The summed E-state index contributed by atoms with van der Waals surface area (Å²) >= 11 is 0. The number of nitrogens with two attached hydrogens (primary N) is 1. The molecule has 3 nitrogen and oxygen atoms in total. The van der Waals surface area contributed by atoms with Crippen molar-refractivity contribution in [2.24, 2.45) is 40.2 Å². The molecule has 1 aromatic heterocycles. The highest BCUT2D eigenvalue weighted by atomic mass is 16.5. The number of fused-ring (bicyclic) bond motifs is 5. The van der Waals surface area contributed by atoms with Gasteiger partial charge in [-0.2, -0.15) is 0 Å². The van der Waals surface area contributed by atoms with Crippen LogP contribution in [0.15, 0.2) is 23.0 Å². The van der Waals surface area contributed by atoms with Gasteiger partial charge in [0.15, 0.2) is 0 Å². The van der Waals surface area contributed by atoms with Gasteiger partial charge in [0, 0.05) is 12.0 Å². The standard InChI is InChI=1S/C25H39NO2/c1-24-11-3-2-4-19(24)5-6-20-22(24)9-12-25(17-28-15-13-26)21(7-8-23(20)25)18-10-14-27-16-18/h10,14,16,19-23H,2-9,11-13,15,17,26H2,1H3/t19-,20+,21-,22-,23-,24-,25-/m0/s1. The Morgan fingerprint density at radius 2 is 2.00 bits per heavy atom. The zero-order valence-electron chi connectivity index (χ0n) is 17.7. The quantitative estimate of drug-likeness (QED) is 0.656. The van der Waals surface area contributed by atoms with Gasteiger partial charge in [-0.3, -0.25) is 0 Å². The van der Waals surface area contributed by atoms with Crippen molar-refractivity contribution in [1.82, 2.24) is 0 Å². The molecule has 0 unspecified atom stereocenters. The van der Waals surface area contributed by atoms with E-state index in [4.69, 9.17) is 14.9 Å². The number of hydrogen-bond donors (Lipinski definition) is 1. The van der Waals surface area contributed by atoms with Gasteiger partial charge in [0.05, 0.1) is 25.7 Å². The maximum Gasteiger partial charge on any atom is 0.0937 e. The second-order valence-corrected chi connectivity index (χ2v) is 10.7. The fraction of sp³-hybridized carbons (Fsp3) is 0.840. The number of ether oxygens (including phenoxy) is 1. The van der Waals surface area contributed by atoms with E-state index in [1.807, 2.05) is 12.5 Å². The Labute approximate surface area is 170 Å². The van der Waals surface area contributed by atoms with Gasteiger partial charge in [0.1, 0.15) is 0 Å². The van der Waals surface area contributed by atoms with E-state index in [9.17, 15) is 0 Å². The monoisotopic (exact) mass is 385 g/mol. The minimum Gasteiger partial charge on any atom is -0.472 e. The van der Waals surface area contributed by atoms with Crippen LogP contribution < -0.4 is 5.73 Å². The fourth-order valence-corrected chi connectivity index (χ4v) is 8.70. The SMILES string of the molecule is C[C@]12CCCC[C@H]1CC[C@@H]1[C@@H]2CC[C@]2(COCCN)[C@H](c3ccoc3)CC[C@@H]12. The van der Waals surface area contributed by atoms with Gasteiger partial charge < -0.3 is 14.9 Å². The second kappa shape index (κ2) is 7.47. The molecule has 1 aromatic rings. The summed E-state index contributed by atoms with van der Waals surface area (Å²) in [5.74, 6) is 4.28. The van der Waals surface area contributed by atoms with Crippen molar-refractivity contribution in [3.8, 4) is 0 Å². The van der Waals surface area contributed by atoms with E-state index in [0.29, 0.717) is 29.9 Å². The Balaban J connectivity index is 1.45. The van der Waals surface area contributed by atoms with Crippen LogP contribution >= 0.6 is 0 Å². The summed E-state index contributed by atoms with van der Waals surface area (Å²) in [6, 6.07) is 2.21. The Bertz CT molecular complexity index is 658. The Hall–Kier alpha value is -0.800. The van der Waals surface area contributed by atoms with Crippen molar-refractivity contribution in [2.75, 3.05) is 19.8 Å². The van der Waals surface area contributed by atoms with Crippen molar-refractivity contribution < 1.29 is 9.15 Å². The summed E-state index contributed by atoms with van der Waals surface area (Å²) in [5, 5.41) is 0. The minimum atomic E-state index is 0.304. The molecule has 3 heteroatoms. The molecule has 156 valence electrons. The van der Waals surface area contributed by atoms with Crippen molar-refractivity contribution in [1.29, 1.82) is 0 Å². The third-order valence-corrected chi connectivity index (χ3v) is 9.88.